The van der Waals surface area contributed by atoms with E-state index in [9.17, 15) is 4.39 Å². The lowest BCUT2D eigenvalue weighted by atomic mass is 9.94. The number of halogens is 2. The van der Waals surface area contributed by atoms with Gasteiger partial charge in [-0.05, 0) is 37.0 Å². The Bertz CT molecular complexity index is 479. The fourth-order valence-corrected chi connectivity index (χ4v) is 3.91. The normalized spacial score (nSPS) is 29.7. The molecule has 5 heteroatoms. The van der Waals surface area contributed by atoms with E-state index in [0.717, 1.165) is 29.8 Å². The van der Waals surface area contributed by atoms with Crippen molar-refractivity contribution in [3.63, 3.8) is 0 Å². The minimum atomic E-state index is -0.139. The molecule has 3 nitrogen and oxygen atoms in total. The third-order valence-electron chi connectivity index (χ3n) is 4.60. The number of rotatable bonds is 4. The molecule has 1 heterocycles. The summed E-state index contributed by atoms with van der Waals surface area (Å²) in [6.07, 6.45) is 3.62. The largest absolute Gasteiger partial charge is 0.379 e. The second-order valence-corrected chi connectivity index (χ2v) is 6.87. The van der Waals surface area contributed by atoms with Gasteiger partial charge in [-0.25, -0.2) is 4.39 Å². The number of nitrogens with one attached hydrogen (secondary N) is 2. The zero-order valence-corrected chi connectivity index (χ0v) is 13.7. The van der Waals surface area contributed by atoms with Crippen molar-refractivity contribution >= 4 is 15.9 Å². The monoisotopic (exact) mass is 356 g/mol. The van der Waals surface area contributed by atoms with Gasteiger partial charge in [0, 0.05) is 35.2 Å². The van der Waals surface area contributed by atoms with Gasteiger partial charge in [0.2, 0.25) is 0 Å². The van der Waals surface area contributed by atoms with Crippen LogP contribution in [-0.2, 0) is 11.3 Å². The van der Waals surface area contributed by atoms with E-state index in [2.05, 4.69) is 26.6 Å². The highest BCUT2D eigenvalue weighted by Gasteiger charge is 2.34. The van der Waals surface area contributed by atoms with Crippen LogP contribution >= 0.6 is 15.9 Å². The van der Waals surface area contributed by atoms with E-state index >= 15 is 0 Å². The van der Waals surface area contributed by atoms with Crippen LogP contribution in [0.2, 0.25) is 0 Å². The van der Waals surface area contributed by atoms with Crippen LogP contribution in [0.5, 0.6) is 0 Å². The van der Waals surface area contributed by atoms with Crippen LogP contribution in [0, 0.1) is 11.7 Å². The average molecular weight is 357 g/mol. The third kappa shape index (κ3) is 3.83. The van der Waals surface area contributed by atoms with Crippen LogP contribution in [0.1, 0.15) is 24.8 Å². The Morgan fingerprint density at radius 1 is 1.38 bits per heavy atom. The van der Waals surface area contributed by atoms with E-state index in [1.54, 1.807) is 6.07 Å². The molecule has 0 bridgehead atoms. The Morgan fingerprint density at radius 2 is 2.29 bits per heavy atom. The minimum absolute atomic E-state index is 0.139. The molecule has 0 spiro atoms. The molecule has 3 rings (SSSR count). The zero-order valence-electron chi connectivity index (χ0n) is 12.1. The van der Waals surface area contributed by atoms with Gasteiger partial charge in [0.25, 0.3) is 0 Å². The second-order valence-electron chi connectivity index (χ2n) is 5.95. The number of ether oxygens (including phenoxy) is 1. The quantitative estimate of drug-likeness (QED) is 0.870. The van der Waals surface area contributed by atoms with E-state index in [-0.39, 0.29) is 5.82 Å². The average Bonchev–Trinajstić information content (AvgIpc) is 2.97. The maximum Gasteiger partial charge on any atom is 0.127 e. The summed E-state index contributed by atoms with van der Waals surface area (Å²) in [5.41, 5.74) is 0.725. The molecule has 2 fully saturated rings. The number of benzene rings is 1. The van der Waals surface area contributed by atoms with Gasteiger partial charge >= 0.3 is 0 Å². The molecule has 3 atom stereocenters. The summed E-state index contributed by atoms with van der Waals surface area (Å²) in [4.78, 5) is 0. The molecule has 1 aromatic rings. The molecule has 1 saturated heterocycles. The first-order chi connectivity index (χ1) is 10.2. The third-order valence-corrected chi connectivity index (χ3v) is 5.09. The van der Waals surface area contributed by atoms with E-state index in [1.165, 1.54) is 25.3 Å². The van der Waals surface area contributed by atoms with Crippen LogP contribution in [0.4, 0.5) is 4.39 Å². The Hall–Kier alpha value is -0.490. The van der Waals surface area contributed by atoms with Gasteiger partial charge in [0.15, 0.2) is 0 Å². The van der Waals surface area contributed by atoms with E-state index in [0.29, 0.717) is 24.5 Å². The van der Waals surface area contributed by atoms with Crippen molar-refractivity contribution in [3.05, 3.63) is 34.1 Å². The van der Waals surface area contributed by atoms with Crippen LogP contribution in [0.15, 0.2) is 22.7 Å². The molecular formula is C16H22BrFN2O. The van der Waals surface area contributed by atoms with Crippen molar-refractivity contribution in [2.45, 2.75) is 37.9 Å². The van der Waals surface area contributed by atoms with Crippen molar-refractivity contribution in [1.29, 1.82) is 0 Å². The van der Waals surface area contributed by atoms with Gasteiger partial charge in [-0.15, -0.1) is 0 Å². The lowest BCUT2D eigenvalue weighted by Gasteiger charge is -2.33. The zero-order chi connectivity index (χ0) is 14.7. The SMILES string of the molecule is Fc1ccc(Br)cc1CNC1CCCC1C1COCCN1. The molecule has 0 amide bonds. The smallest absolute Gasteiger partial charge is 0.127 e. The molecule has 0 radical (unpaired) electrons. The first kappa shape index (κ1) is 15.4. The van der Waals surface area contributed by atoms with Crippen LogP contribution in [0.25, 0.3) is 0 Å². The molecule has 1 saturated carbocycles. The van der Waals surface area contributed by atoms with Gasteiger partial charge in [-0.1, -0.05) is 22.4 Å². The molecule has 1 aromatic carbocycles. The summed E-state index contributed by atoms with van der Waals surface area (Å²) in [5, 5.41) is 7.12. The standard InChI is InChI=1S/C16H22BrFN2O/c17-12-4-5-14(18)11(8-12)9-20-15-3-1-2-13(15)16-10-21-7-6-19-16/h4-5,8,13,15-16,19-20H,1-3,6-7,9-10H2. The van der Waals surface area contributed by atoms with Crippen LogP contribution < -0.4 is 10.6 Å². The predicted octanol–water partition coefficient (Wildman–Crippen LogP) is 2.83. The highest BCUT2D eigenvalue weighted by atomic mass is 79.9. The maximum atomic E-state index is 13.8. The molecule has 2 N–H and O–H groups in total. The van der Waals surface area contributed by atoms with Crippen molar-refractivity contribution in [2.75, 3.05) is 19.8 Å². The van der Waals surface area contributed by atoms with E-state index in [4.69, 9.17) is 4.74 Å². The van der Waals surface area contributed by atoms with E-state index < -0.39 is 0 Å². The van der Waals surface area contributed by atoms with Gasteiger partial charge < -0.3 is 15.4 Å². The highest BCUT2D eigenvalue weighted by Crippen LogP contribution is 2.30. The summed E-state index contributed by atoms with van der Waals surface area (Å²) >= 11 is 3.40. The molecule has 1 aliphatic heterocycles. The molecule has 1 aliphatic carbocycles. The van der Waals surface area contributed by atoms with Crippen molar-refractivity contribution < 1.29 is 9.13 Å². The number of hydrogen-bond donors (Lipinski definition) is 2. The second kappa shape index (κ2) is 7.18. The Labute approximate surface area is 133 Å². The summed E-state index contributed by atoms with van der Waals surface area (Å²) in [6, 6.07) is 5.99. The predicted molar refractivity (Wildman–Crippen MR) is 84.7 cm³/mol. The molecule has 0 aromatic heterocycles. The fourth-order valence-electron chi connectivity index (χ4n) is 3.50. The summed E-state index contributed by atoms with van der Waals surface area (Å²) in [5.74, 6) is 0.444. The van der Waals surface area contributed by atoms with Crippen molar-refractivity contribution in [2.24, 2.45) is 5.92 Å². The number of hydrogen-bond acceptors (Lipinski definition) is 3. The summed E-state index contributed by atoms with van der Waals surface area (Å²) in [7, 11) is 0. The fraction of sp³-hybridized carbons (Fsp3) is 0.625. The van der Waals surface area contributed by atoms with Gasteiger partial charge in [-0.3, -0.25) is 0 Å². The first-order valence-electron chi connectivity index (χ1n) is 7.72. The summed E-state index contributed by atoms with van der Waals surface area (Å²) in [6.45, 7) is 3.13. The molecule has 116 valence electrons. The Balaban J connectivity index is 1.59. The minimum Gasteiger partial charge on any atom is -0.379 e. The molecule has 21 heavy (non-hydrogen) atoms. The molecule has 3 unspecified atom stereocenters. The molecular weight excluding hydrogens is 335 g/mol. The van der Waals surface area contributed by atoms with Gasteiger partial charge in [0.05, 0.1) is 13.2 Å². The summed E-state index contributed by atoms with van der Waals surface area (Å²) < 4.78 is 20.3. The highest BCUT2D eigenvalue weighted by molar-refractivity contribution is 9.10. The van der Waals surface area contributed by atoms with Gasteiger partial charge in [-0.2, -0.15) is 0 Å². The van der Waals surface area contributed by atoms with Crippen molar-refractivity contribution in [1.82, 2.24) is 10.6 Å². The van der Waals surface area contributed by atoms with Crippen LogP contribution in [-0.4, -0.2) is 31.8 Å². The Kier molecular flexibility index (Phi) is 5.27. The number of morpholine rings is 1. The molecule has 2 aliphatic rings. The maximum absolute atomic E-state index is 13.8. The van der Waals surface area contributed by atoms with Crippen molar-refractivity contribution in [3.8, 4) is 0 Å². The topological polar surface area (TPSA) is 33.3 Å². The van der Waals surface area contributed by atoms with Crippen LogP contribution in [0.3, 0.4) is 0 Å². The Morgan fingerprint density at radius 3 is 3.10 bits per heavy atom. The lowest BCUT2D eigenvalue weighted by molar-refractivity contribution is 0.0524. The first-order valence-corrected chi connectivity index (χ1v) is 8.52. The lowest BCUT2D eigenvalue weighted by Crippen LogP contribution is -2.50. The van der Waals surface area contributed by atoms with E-state index in [1.807, 2.05) is 6.07 Å². The van der Waals surface area contributed by atoms with Gasteiger partial charge in [0.1, 0.15) is 5.82 Å².